The van der Waals surface area contributed by atoms with Crippen molar-refractivity contribution < 1.29 is 18.6 Å². The molecule has 0 spiro atoms. The van der Waals surface area contributed by atoms with E-state index in [-0.39, 0.29) is 0 Å². The van der Waals surface area contributed by atoms with Gasteiger partial charge in [-0.1, -0.05) is 0 Å². The fourth-order valence-corrected chi connectivity index (χ4v) is 1.92. The Morgan fingerprint density at radius 1 is 1.05 bits per heavy atom. The number of ether oxygens (including phenoxy) is 3. The van der Waals surface area contributed by atoms with E-state index in [1.165, 1.54) is 0 Å². The van der Waals surface area contributed by atoms with Crippen molar-refractivity contribution in [2.45, 2.75) is 6.42 Å². The van der Waals surface area contributed by atoms with E-state index in [0.717, 1.165) is 0 Å². The summed E-state index contributed by atoms with van der Waals surface area (Å²) in [6.45, 7) is 0. The zero-order valence-electron chi connectivity index (χ0n) is 11.5. The van der Waals surface area contributed by atoms with Gasteiger partial charge in [-0.3, -0.25) is 0 Å². The lowest BCUT2D eigenvalue weighted by Crippen LogP contribution is -1.95. The van der Waals surface area contributed by atoms with Crippen molar-refractivity contribution in [2.75, 3.05) is 27.2 Å². The molecular formula is C13H15ClN2O4. The molecule has 2 aromatic rings. The number of aromatic nitrogens is 2. The molecule has 2 rings (SSSR count). The lowest BCUT2D eigenvalue weighted by Gasteiger charge is -2.12. The smallest absolute Gasteiger partial charge is 0.248 e. The van der Waals surface area contributed by atoms with E-state index in [9.17, 15) is 0 Å². The molecule has 108 valence electrons. The molecule has 0 unspecified atom stereocenters. The second kappa shape index (κ2) is 6.47. The van der Waals surface area contributed by atoms with Crippen LogP contribution >= 0.6 is 11.6 Å². The number of halogens is 1. The van der Waals surface area contributed by atoms with Gasteiger partial charge >= 0.3 is 0 Å². The molecule has 1 heterocycles. The molecule has 0 N–H and O–H groups in total. The summed E-state index contributed by atoms with van der Waals surface area (Å²) in [6, 6.07) is 3.50. The topological polar surface area (TPSA) is 66.6 Å². The van der Waals surface area contributed by atoms with Gasteiger partial charge in [0.2, 0.25) is 17.5 Å². The molecule has 0 amide bonds. The van der Waals surface area contributed by atoms with Crippen LogP contribution in [0.1, 0.15) is 5.89 Å². The Morgan fingerprint density at radius 2 is 1.70 bits per heavy atom. The van der Waals surface area contributed by atoms with Crippen LogP contribution in [-0.2, 0) is 6.42 Å². The first-order valence-electron chi connectivity index (χ1n) is 5.92. The average Bonchev–Trinajstić information content (AvgIpc) is 2.94. The third-order valence-electron chi connectivity index (χ3n) is 2.69. The lowest BCUT2D eigenvalue weighted by molar-refractivity contribution is 0.324. The van der Waals surface area contributed by atoms with Gasteiger partial charge in [0.25, 0.3) is 0 Å². The molecule has 1 aromatic heterocycles. The summed E-state index contributed by atoms with van der Waals surface area (Å²) in [5, 5.41) is 7.91. The first kappa shape index (κ1) is 14.5. The van der Waals surface area contributed by atoms with Crippen LogP contribution in [0, 0.1) is 0 Å². The van der Waals surface area contributed by atoms with Gasteiger partial charge in [0.1, 0.15) is 0 Å². The number of nitrogens with zero attached hydrogens (tertiary/aromatic N) is 2. The highest BCUT2D eigenvalue weighted by Crippen LogP contribution is 2.40. The van der Waals surface area contributed by atoms with Crippen molar-refractivity contribution in [1.82, 2.24) is 10.2 Å². The SMILES string of the molecule is COc1cc(-c2nnc(CCCl)o2)cc(OC)c1OC. The summed E-state index contributed by atoms with van der Waals surface area (Å²) in [5.74, 6) is 2.86. The number of rotatable bonds is 6. The molecule has 1 aromatic carbocycles. The summed E-state index contributed by atoms with van der Waals surface area (Å²) < 4.78 is 21.3. The number of alkyl halides is 1. The minimum atomic E-state index is 0.379. The molecule has 0 aliphatic carbocycles. The van der Waals surface area contributed by atoms with Gasteiger partial charge in [-0.15, -0.1) is 21.8 Å². The third kappa shape index (κ3) is 2.80. The fourth-order valence-electron chi connectivity index (χ4n) is 1.76. The van der Waals surface area contributed by atoms with Gasteiger partial charge in [0, 0.05) is 17.9 Å². The van der Waals surface area contributed by atoms with Crippen LogP contribution < -0.4 is 14.2 Å². The van der Waals surface area contributed by atoms with E-state index in [4.69, 9.17) is 30.2 Å². The average molecular weight is 299 g/mol. The number of benzene rings is 1. The highest BCUT2D eigenvalue weighted by atomic mass is 35.5. The molecular weight excluding hydrogens is 284 g/mol. The van der Waals surface area contributed by atoms with E-state index in [1.807, 2.05) is 0 Å². The largest absolute Gasteiger partial charge is 0.493 e. The van der Waals surface area contributed by atoms with Crippen molar-refractivity contribution in [3.63, 3.8) is 0 Å². The van der Waals surface area contributed by atoms with Crippen molar-refractivity contribution in [1.29, 1.82) is 0 Å². The van der Waals surface area contributed by atoms with Gasteiger partial charge in [-0.2, -0.15) is 0 Å². The number of methoxy groups -OCH3 is 3. The van der Waals surface area contributed by atoms with Crippen LogP contribution in [0.3, 0.4) is 0 Å². The van der Waals surface area contributed by atoms with Crippen LogP contribution in [-0.4, -0.2) is 37.4 Å². The van der Waals surface area contributed by atoms with E-state index in [1.54, 1.807) is 33.5 Å². The van der Waals surface area contributed by atoms with Crippen LogP contribution in [0.25, 0.3) is 11.5 Å². The van der Waals surface area contributed by atoms with Crippen LogP contribution in [0.5, 0.6) is 17.2 Å². The van der Waals surface area contributed by atoms with Crippen molar-refractivity contribution in [3.05, 3.63) is 18.0 Å². The van der Waals surface area contributed by atoms with Crippen LogP contribution in [0.2, 0.25) is 0 Å². The van der Waals surface area contributed by atoms with E-state index in [2.05, 4.69) is 10.2 Å². The number of hydrogen-bond acceptors (Lipinski definition) is 6. The Morgan fingerprint density at radius 3 is 2.20 bits per heavy atom. The summed E-state index contributed by atoms with van der Waals surface area (Å²) in [7, 11) is 4.65. The first-order valence-corrected chi connectivity index (χ1v) is 6.45. The Kier molecular flexibility index (Phi) is 4.68. The molecule has 0 saturated carbocycles. The number of aryl methyl sites for hydroxylation is 1. The molecule has 6 nitrogen and oxygen atoms in total. The van der Waals surface area contributed by atoms with Gasteiger partial charge in [-0.05, 0) is 12.1 Å². The Bertz CT molecular complexity index is 560. The van der Waals surface area contributed by atoms with E-state index in [0.29, 0.717) is 46.9 Å². The normalized spacial score (nSPS) is 10.4. The Labute approximate surface area is 121 Å². The second-order valence-corrected chi connectivity index (χ2v) is 4.23. The summed E-state index contributed by atoms with van der Waals surface area (Å²) in [4.78, 5) is 0. The van der Waals surface area contributed by atoms with Crippen molar-refractivity contribution in [2.24, 2.45) is 0 Å². The zero-order chi connectivity index (χ0) is 14.5. The third-order valence-corrected chi connectivity index (χ3v) is 2.88. The quantitative estimate of drug-likeness (QED) is 0.764. The molecule has 0 saturated heterocycles. The molecule has 0 aliphatic rings. The molecule has 0 radical (unpaired) electrons. The highest BCUT2D eigenvalue weighted by Gasteiger charge is 2.17. The standard InChI is InChI=1S/C13H15ClN2O4/c1-17-9-6-8(7-10(18-2)12(9)19-3)13-16-15-11(20-13)4-5-14/h6-7H,4-5H2,1-3H3. The van der Waals surface area contributed by atoms with E-state index >= 15 is 0 Å². The number of hydrogen-bond donors (Lipinski definition) is 0. The summed E-state index contributed by atoms with van der Waals surface area (Å²) >= 11 is 5.64. The van der Waals surface area contributed by atoms with Gasteiger partial charge < -0.3 is 18.6 Å². The zero-order valence-corrected chi connectivity index (χ0v) is 12.2. The first-order chi connectivity index (χ1) is 9.73. The molecule has 0 aliphatic heterocycles. The minimum Gasteiger partial charge on any atom is -0.493 e. The lowest BCUT2D eigenvalue weighted by atomic mass is 10.2. The maximum absolute atomic E-state index is 5.64. The van der Waals surface area contributed by atoms with Gasteiger partial charge in [0.15, 0.2) is 11.5 Å². The highest BCUT2D eigenvalue weighted by molar-refractivity contribution is 6.17. The van der Waals surface area contributed by atoms with Gasteiger partial charge in [-0.25, -0.2) is 0 Å². The predicted molar refractivity (Wildman–Crippen MR) is 73.8 cm³/mol. The van der Waals surface area contributed by atoms with Crippen LogP contribution in [0.4, 0.5) is 0 Å². The molecule has 0 atom stereocenters. The van der Waals surface area contributed by atoms with Crippen molar-refractivity contribution in [3.8, 4) is 28.7 Å². The minimum absolute atomic E-state index is 0.379. The van der Waals surface area contributed by atoms with E-state index < -0.39 is 0 Å². The summed E-state index contributed by atoms with van der Waals surface area (Å²) in [5.41, 5.74) is 0.688. The summed E-state index contributed by atoms with van der Waals surface area (Å²) in [6.07, 6.45) is 0.527. The Balaban J connectivity index is 2.45. The van der Waals surface area contributed by atoms with Crippen LogP contribution in [0.15, 0.2) is 16.5 Å². The molecule has 0 bridgehead atoms. The molecule has 7 heteroatoms. The Hall–Kier alpha value is -1.95. The van der Waals surface area contributed by atoms with Gasteiger partial charge in [0.05, 0.1) is 21.3 Å². The fraction of sp³-hybridized carbons (Fsp3) is 0.385. The maximum atomic E-state index is 5.64. The molecule has 20 heavy (non-hydrogen) atoms. The predicted octanol–water partition coefficient (Wildman–Crippen LogP) is 2.54. The maximum Gasteiger partial charge on any atom is 0.248 e. The monoisotopic (exact) mass is 298 g/mol. The molecule has 0 fully saturated rings. The second-order valence-electron chi connectivity index (χ2n) is 3.85. The van der Waals surface area contributed by atoms with Crippen molar-refractivity contribution >= 4 is 11.6 Å².